The molecule has 3 aliphatic rings. The molecule has 2 atom stereocenters. The third kappa shape index (κ3) is 4.54. The molecule has 1 aromatic heterocycles. The summed E-state index contributed by atoms with van der Waals surface area (Å²) in [6.45, 7) is 4.67. The molecule has 0 spiro atoms. The Kier molecular flexibility index (Phi) is 6.87. The third-order valence-electron chi connectivity index (χ3n) is 6.53. The van der Waals surface area contributed by atoms with E-state index in [2.05, 4.69) is 21.9 Å². The van der Waals surface area contributed by atoms with Gasteiger partial charge in [0.2, 0.25) is 5.91 Å². The maximum Gasteiger partial charge on any atom is 0.245 e. The number of benzene rings is 2. The lowest BCUT2D eigenvalue weighted by Gasteiger charge is -2.52. The zero-order valence-corrected chi connectivity index (χ0v) is 20.6. The number of rotatable bonds is 8. The van der Waals surface area contributed by atoms with Crippen molar-refractivity contribution in [3.05, 3.63) is 59.1 Å². The van der Waals surface area contributed by atoms with Crippen molar-refractivity contribution >= 4 is 51.5 Å². The van der Waals surface area contributed by atoms with Crippen molar-refractivity contribution in [3.63, 3.8) is 0 Å². The van der Waals surface area contributed by atoms with Crippen LogP contribution in [0.25, 0.3) is 10.9 Å². The fourth-order valence-corrected chi connectivity index (χ4v) is 5.08. The number of hydrogen-bond acceptors (Lipinski definition) is 7. The average molecular weight is 533 g/mol. The van der Waals surface area contributed by atoms with Crippen LogP contribution in [0, 0.1) is 17.7 Å². The Morgan fingerprint density at radius 2 is 2.03 bits per heavy atom. The smallest absolute Gasteiger partial charge is 0.245 e. The molecule has 188 valence electrons. The highest BCUT2D eigenvalue weighted by atomic mass is 35.5. The highest BCUT2D eigenvalue weighted by Crippen LogP contribution is 2.45. The molecule has 1 amide bonds. The van der Waals surface area contributed by atoms with Crippen molar-refractivity contribution in [1.82, 2.24) is 14.9 Å². The Labute approximate surface area is 216 Å². The molecule has 3 heterocycles. The first-order chi connectivity index (χ1) is 17.4. The van der Waals surface area contributed by atoms with Crippen LogP contribution in [0.4, 0.5) is 15.9 Å². The highest BCUT2D eigenvalue weighted by molar-refractivity contribution is 6.42. The molecule has 2 saturated heterocycles. The maximum atomic E-state index is 14.7. The van der Waals surface area contributed by atoms with Gasteiger partial charge in [0, 0.05) is 36.4 Å². The van der Waals surface area contributed by atoms with Crippen LogP contribution >= 0.6 is 23.2 Å². The second kappa shape index (κ2) is 10.1. The first kappa shape index (κ1) is 24.5. The number of nitrogens with zero attached hydrogens (tertiary/aromatic N) is 3. The number of amides is 1. The SMILES string of the molecule is C=CC(=O)N1CC2CC(C1)C2Oc1cc2c(Nc3ccc(Cl)c(Cl)c3F)ncnc2cc1OCCO. The first-order valence-electron chi connectivity index (χ1n) is 11.4. The standard InChI is InChI=1S/C25H23Cl2FN4O4/c1-2-21(34)32-10-13-7-14(11-32)24(13)36-20-8-15-18(9-19(20)35-6-5-33)29-12-30-25(15)31-17-4-3-16(26)22(27)23(17)28/h2-4,8-9,12-14,24,33H,1,5-7,10-11H2,(H,29,30,31). The van der Waals surface area contributed by atoms with E-state index in [0.717, 1.165) is 6.42 Å². The van der Waals surface area contributed by atoms with Crippen LogP contribution in [0.3, 0.4) is 0 Å². The third-order valence-corrected chi connectivity index (χ3v) is 7.31. The van der Waals surface area contributed by atoms with Crippen LogP contribution in [0.2, 0.25) is 10.0 Å². The molecule has 2 N–H and O–H groups in total. The number of carbonyl (C=O) groups is 1. The monoisotopic (exact) mass is 532 g/mol. The van der Waals surface area contributed by atoms with Crippen molar-refractivity contribution < 1.29 is 23.8 Å². The number of halogens is 3. The number of aromatic nitrogens is 2. The van der Waals surface area contributed by atoms with Gasteiger partial charge in [-0.25, -0.2) is 14.4 Å². The number of piperidine rings is 2. The van der Waals surface area contributed by atoms with E-state index in [9.17, 15) is 14.3 Å². The first-order valence-corrected chi connectivity index (χ1v) is 12.2. The van der Waals surface area contributed by atoms with Gasteiger partial charge in [0.1, 0.15) is 24.9 Å². The highest BCUT2D eigenvalue weighted by Gasteiger charge is 2.49. The zero-order valence-electron chi connectivity index (χ0n) is 19.1. The molecule has 2 aromatic carbocycles. The summed E-state index contributed by atoms with van der Waals surface area (Å²) in [7, 11) is 0. The van der Waals surface area contributed by atoms with Crippen LogP contribution in [0.1, 0.15) is 6.42 Å². The van der Waals surface area contributed by atoms with Crippen LogP contribution in [0.5, 0.6) is 11.5 Å². The summed E-state index contributed by atoms with van der Waals surface area (Å²) in [4.78, 5) is 22.4. The largest absolute Gasteiger partial charge is 0.487 e. The van der Waals surface area contributed by atoms with E-state index in [4.69, 9.17) is 32.7 Å². The molecule has 0 radical (unpaired) electrons. The van der Waals surface area contributed by atoms with Gasteiger partial charge >= 0.3 is 0 Å². The lowest BCUT2D eigenvalue weighted by Crippen LogP contribution is -2.61. The summed E-state index contributed by atoms with van der Waals surface area (Å²) in [5.41, 5.74) is 0.637. The molecule has 2 unspecified atom stereocenters. The lowest BCUT2D eigenvalue weighted by molar-refractivity contribution is -0.142. The number of fused-ring (bicyclic) bond motifs is 3. The van der Waals surface area contributed by atoms with Crippen molar-refractivity contribution in [3.8, 4) is 11.5 Å². The molecule has 1 saturated carbocycles. The molecule has 6 rings (SSSR count). The van der Waals surface area contributed by atoms with Gasteiger partial charge in [0.25, 0.3) is 0 Å². The number of carbonyl (C=O) groups excluding carboxylic acids is 1. The Bertz CT molecular complexity index is 1330. The molecule has 3 fully saturated rings. The van der Waals surface area contributed by atoms with Gasteiger partial charge in [-0.05, 0) is 30.7 Å². The molecule has 2 bridgehead atoms. The minimum absolute atomic E-state index is 0.0751. The molecule has 2 aliphatic heterocycles. The maximum absolute atomic E-state index is 14.7. The molecule has 36 heavy (non-hydrogen) atoms. The van der Waals surface area contributed by atoms with E-state index in [0.29, 0.717) is 41.3 Å². The van der Waals surface area contributed by atoms with Crippen LogP contribution in [0.15, 0.2) is 43.2 Å². The fraction of sp³-hybridized carbons (Fsp3) is 0.320. The van der Waals surface area contributed by atoms with Gasteiger partial charge in [-0.1, -0.05) is 29.8 Å². The van der Waals surface area contributed by atoms with Gasteiger partial charge in [0.15, 0.2) is 17.3 Å². The summed E-state index contributed by atoms with van der Waals surface area (Å²) in [6, 6.07) is 6.39. The number of nitrogens with one attached hydrogen (secondary N) is 1. The normalized spacial score (nSPS) is 20.6. The molecule has 3 aromatic rings. The molecular formula is C25H23Cl2FN4O4. The minimum atomic E-state index is -0.698. The van der Waals surface area contributed by atoms with Gasteiger partial charge in [0.05, 0.1) is 27.9 Å². The van der Waals surface area contributed by atoms with Crippen molar-refractivity contribution in [1.29, 1.82) is 0 Å². The molecule has 8 nitrogen and oxygen atoms in total. The second-order valence-corrected chi connectivity index (χ2v) is 9.53. The molecule has 1 aliphatic carbocycles. The summed E-state index contributed by atoms with van der Waals surface area (Å²) < 4.78 is 26.8. The Morgan fingerprint density at radius 1 is 1.25 bits per heavy atom. The average Bonchev–Trinajstić information content (AvgIpc) is 2.90. The minimum Gasteiger partial charge on any atom is -0.487 e. The van der Waals surface area contributed by atoms with Crippen LogP contribution in [-0.2, 0) is 4.79 Å². The number of ether oxygens (including phenoxy) is 2. The summed E-state index contributed by atoms with van der Waals surface area (Å²) >= 11 is 11.9. The van der Waals surface area contributed by atoms with E-state index in [1.165, 1.54) is 24.5 Å². The van der Waals surface area contributed by atoms with E-state index < -0.39 is 5.82 Å². The Hall–Kier alpha value is -3.14. The van der Waals surface area contributed by atoms with Gasteiger partial charge in [-0.2, -0.15) is 0 Å². The van der Waals surface area contributed by atoms with Gasteiger partial charge in [-0.3, -0.25) is 4.79 Å². The number of aliphatic hydroxyl groups is 1. The summed E-state index contributed by atoms with van der Waals surface area (Å²) in [6.07, 6.45) is 3.55. The molecule has 11 heteroatoms. The van der Waals surface area contributed by atoms with E-state index in [-0.39, 0.29) is 52.8 Å². The Morgan fingerprint density at radius 3 is 2.75 bits per heavy atom. The number of anilines is 2. The predicted molar refractivity (Wildman–Crippen MR) is 135 cm³/mol. The van der Waals surface area contributed by atoms with Crippen LogP contribution < -0.4 is 14.8 Å². The number of hydrogen-bond donors (Lipinski definition) is 2. The van der Waals surface area contributed by atoms with Gasteiger partial charge < -0.3 is 24.8 Å². The van der Waals surface area contributed by atoms with Gasteiger partial charge in [-0.15, -0.1) is 0 Å². The van der Waals surface area contributed by atoms with E-state index >= 15 is 0 Å². The zero-order chi connectivity index (χ0) is 25.4. The van der Waals surface area contributed by atoms with E-state index in [1.807, 2.05) is 0 Å². The lowest BCUT2D eigenvalue weighted by atomic mass is 9.68. The van der Waals surface area contributed by atoms with Crippen molar-refractivity contribution in [2.75, 3.05) is 31.6 Å². The van der Waals surface area contributed by atoms with Crippen molar-refractivity contribution in [2.45, 2.75) is 12.5 Å². The summed E-state index contributed by atoms with van der Waals surface area (Å²) in [5.74, 6) is 0.803. The summed E-state index contributed by atoms with van der Waals surface area (Å²) in [5, 5.41) is 12.7. The second-order valence-electron chi connectivity index (χ2n) is 8.74. The van der Waals surface area contributed by atoms with E-state index in [1.54, 1.807) is 17.0 Å². The predicted octanol–water partition coefficient (Wildman–Crippen LogP) is 4.60. The quantitative estimate of drug-likeness (QED) is 0.323. The van der Waals surface area contributed by atoms with Crippen molar-refractivity contribution in [2.24, 2.45) is 11.8 Å². The fourth-order valence-electron chi connectivity index (χ4n) is 4.77. The van der Waals surface area contributed by atoms with Crippen LogP contribution in [-0.4, -0.2) is 58.3 Å². The Balaban J connectivity index is 1.47. The topological polar surface area (TPSA) is 96.8 Å². The number of aliphatic hydroxyl groups excluding tert-OH is 1. The molecular weight excluding hydrogens is 510 g/mol.